The van der Waals surface area contributed by atoms with E-state index in [-0.39, 0.29) is 36.2 Å². The number of carbonyl (C=O) groups excluding carboxylic acids is 5. The van der Waals surface area contributed by atoms with Gasteiger partial charge >= 0.3 is 0 Å². The second-order valence-corrected chi connectivity index (χ2v) is 12.1. The molecule has 2 fully saturated rings. The standard InChI is InChI=1S/C31H46N6O6/c1-20(2)27-31(42)33-21(3)19-43-25-12-6-5-10-22(25)28(39)34-23(29(40)32-13-17-36-14-7-4-8-15-36)18-26(38)37-16-9-11-24(37)30(41)35-27/h5-6,10,12,20-21,23-24,27H,4,7-9,11,13-19H2,1-3H3,(H,32,40)(H,33,42)(H,34,39)(H,35,41)/t21-,23-,24-,27+/m0/s1. The van der Waals surface area contributed by atoms with E-state index in [4.69, 9.17) is 4.74 Å². The number of benzene rings is 1. The van der Waals surface area contributed by atoms with Crippen LogP contribution in [0.5, 0.6) is 5.75 Å². The number of ether oxygens (including phenoxy) is 1. The van der Waals surface area contributed by atoms with E-state index >= 15 is 0 Å². The second kappa shape index (κ2) is 15.2. The molecule has 0 radical (unpaired) electrons. The van der Waals surface area contributed by atoms with Crippen LogP contribution in [0.3, 0.4) is 0 Å². The summed E-state index contributed by atoms with van der Waals surface area (Å²) in [7, 11) is 0. The van der Waals surface area contributed by atoms with Gasteiger partial charge in [-0.2, -0.15) is 0 Å². The summed E-state index contributed by atoms with van der Waals surface area (Å²) < 4.78 is 5.93. The molecule has 12 heteroatoms. The third kappa shape index (κ3) is 8.68. The number of nitrogens with one attached hydrogen (secondary N) is 4. The molecule has 0 spiro atoms. The number of fused-ring (bicyclic) bond motifs is 2. The van der Waals surface area contributed by atoms with Crippen molar-refractivity contribution >= 4 is 29.5 Å². The molecule has 3 aliphatic heterocycles. The van der Waals surface area contributed by atoms with Crippen molar-refractivity contribution in [1.82, 2.24) is 31.1 Å². The number of nitrogens with zero attached hydrogens (tertiary/aromatic N) is 2. The number of amides is 5. The number of hydrogen-bond donors (Lipinski definition) is 4. The summed E-state index contributed by atoms with van der Waals surface area (Å²) in [5, 5.41) is 11.4. The first kappa shape index (κ1) is 32.2. The zero-order chi connectivity index (χ0) is 30.9. The second-order valence-electron chi connectivity index (χ2n) is 12.1. The van der Waals surface area contributed by atoms with Crippen LogP contribution in [0.2, 0.25) is 0 Å². The van der Waals surface area contributed by atoms with E-state index in [2.05, 4.69) is 26.2 Å². The van der Waals surface area contributed by atoms with Crippen LogP contribution < -0.4 is 26.0 Å². The van der Waals surface area contributed by atoms with Crippen LogP contribution in [-0.4, -0.2) is 103 Å². The van der Waals surface area contributed by atoms with Crippen molar-refractivity contribution in [3.63, 3.8) is 0 Å². The maximum atomic E-state index is 13.6. The van der Waals surface area contributed by atoms with Gasteiger partial charge in [-0.3, -0.25) is 24.0 Å². The number of hydrogen-bond acceptors (Lipinski definition) is 7. The van der Waals surface area contributed by atoms with Crippen molar-refractivity contribution < 1.29 is 28.7 Å². The molecule has 3 aliphatic rings. The van der Waals surface area contributed by atoms with E-state index < -0.39 is 47.8 Å². The van der Waals surface area contributed by atoms with Crippen molar-refractivity contribution in [2.24, 2.45) is 5.92 Å². The van der Waals surface area contributed by atoms with Gasteiger partial charge in [0.25, 0.3) is 5.91 Å². The summed E-state index contributed by atoms with van der Waals surface area (Å²) in [5.41, 5.74) is 0.208. The van der Waals surface area contributed by atoms with E-state index in [1.165, 1.54) is 11.3 Å². The SMILES string of the molecule is CC(C)[C@H]1NC(=O)[C@@H]2CCCN2C(=O)C[C@@H](C(=O)NCCN2CCCCC2)NC(=O)c2ccccc2OC[C@H](C)NC1=O. The summed E-state index contributed by atoms with van der Waals surface area (Å²) >= 11 is 0. The van der Waals surface area contributed by atoms with Gasteiger partial charge in [-0.25, -0.2) is 0 Å². The van der Waals surface area contributed by atoms with Gasteiger partial charge in [-0.1, -0.05) is 32.4 Å². The first-order chi connectivity index (χ1) is 20.6. The molecule has 0 saturated carbocycles. The number of para-hydroxylation sites is 1. The molecule has 5 amide bonds. The Kier molecular flexibility index (Phi) is 11.4. The van der Waals surface area contributed by atoms with Crippen LogP contribution in [-0.2, 0) is 19.2 Å². The zero-order valence-corrected chi connectivity index (χ0v) is 25.5. The Hall–Kier alpha value is -3.67. The van der Waals surface area contributed by atoms with E-state index in [1.54, 1.807) is 31.2 Å². The molecule has 1 aromatic carbocycles. The highest BCUT2D eigenvalue weighted by atomic mass is 16.5. The highest BCUT2D eigenvalue weighted by molar-refractivity contribution is 6.01. The van der Waals surface area contributed by atoms with Crippen LogP contribution in [0.15, 0.2) is 24.3 Å². The van der Waals surface area contributed by atoms with Crippen LogP contribution in [0.4, 0.5) is 0 Å². The molecule has 4 N–H and O–H groups in total. The van der Waals surface area contributed by atoms with Crippen molar-refractivity contribution in [2.45, 2.75) is 83.5 Å². The number of likely N-dealkylation sites (tertiary alicyclic amines) is 1. The van der Waals surface area contributed by atoms with Gasteiger partial charge in [0.2, 0.25) is 23.6 Å². The highest BCUT2D eigenvalue weighted by Crippen LogP contribution is 2.22. The van der Waals surface area contributed by atoms with E-state index in [1.807, 2.05) is 13.8 Å². The fourth-order valence-corrected chi connectivity index (χ4v) is 5.87. The molecule has 0 bridgehead atoms. The molecular formula is C31H46N6O6. The first-order valence-corrected chi connectivity index (χ1v) is 15.6. The third-order valence-electron chi connectivity index (χ3n) is 8.31. The van der Waals surface area contributed by atoms with Gasteiger partial charge in [-0.15, -0.1) is 0 Å². The third-order valence-corrected chi connectivity index (χ3v) is 8.31. The van der Waals surface area contributed by atoms with Gasteiger partial charge in [0, 0.05) is 19.6 Å². The number of rotatable bonds is 5. The quantitative estimate of drug-likeness (QED) is 0.392. The zero-order valence-electron chi connectivity index (χ0n) is 25.5. The molecule has 4 atom stereocenters. The van der Waals surface area contributed by atoms with E-state index in [0.717, 1.165) is 25.9 Å². The predicted octanol–water partition coefficient (Wildman–Crippen LogP) is 0.806. The van der Waals surface area contributed by atoms with Crippen molar-refractivity contribution in [3.8, 4) is 5.75 Å². The van der Waals surface area contributed by atoms with Crippen LogP contribution >= 0.6 is 0 Å². The summed E-state index contributed by atoms with van der Waals surface area (Å²) in [6, 6.07) is 3.48. The maximum Gasteiger partial charge on any atom is 0.255 e. The van der Waals surface area contributed by atoms with Gasteiger partial charge in [0.05, 0.1) is 18.0 Å². The lowest BCUT2D eigenvalue weighted by molar-refractivity contribution is -0.141. The number of piperidine rings is 1. The van der Waals surface area contributed by atoms with Crippen molar-refractivity contribution in [3.05, 3.63) is 29.8 Å². The van der Waals surface area contributed by atoms with Gasteiger partial charge in [-0.05, 0) is 63.7 Å². The Morgan fingerprint density at radius 2 is 1.72 bits per heavy atom. The minimum atomic E-state index is -1.15. The number of carbonyl (C=O) groups is 5. The molecule has 3 heterocycles. The average molecular weight is 599 g/mol. The fraction of sp³-hybridized carbons (Fsp3) is 0.645. The molecule has 0 unspecified atom stereocenters. The smallest absolute Gasteiger partial charge is 0.255 e. The molecule has 236 valence electrons. The van der Waals surface area contributed by atoms with E-state index in [0.29, 0.717) is 32.5 Å². The lowest BCUT2D eigenvalue weighted by Gasteiger charge is -2.29. The van der Waals surface area contributed by atoms with Crippen LogP contribution in [0.1, 0.15) is 69.7 Å². The summed E-state index contributed by atoms with van der Waals surface area (Å²) in [6.07, 6.45) is 4.23. The molecule has 1 aromatic rings. The van der Waals surface area contributed by atoms with Gasteiger partial charge in [0.1, 0.15) is 30.5 Å². The lowest BCUT2D eigenvalue weighted by Crippen LogP contribution is -2.57. The minimum Gasteiger partial charge on any atom is -0.491 e. The molecule has 4 rings (SSSR count). The van der Waals surface area contributed by atoms with E-state index in [9.17, 15) is 24.0 Å². The summed E-state index contributed by atoms with van der Waals surface area (Å²) in [5.74, 6) is -2.12. The van der Waals surface area contributed by atoms with Gasteiger partial charge < -0.3 is 35.8 Å². The summed E-state index contributed by atoms with van der Waals surface area (Å²) in [6.45, 7) is 8.93. The van der Waals surface area contributed by atoms with Crippen LogP contribution in [0.25, 0.3) is 0 Å². The highest BCUT2D eigenvalue weighted by Gasteiger charge is 2.38. The van der Waals surface area contributed by atoms with Crippen LogP contribution in [0, 0.1) is 5.92 Å². The molecule has 2 saturated heterocycles. The Morgan fingerprint density at radius 3 is 2.47 bits per heavy atom. The summed E-state index contributed by atoms with van der Waals surface area (Å²) in [4.78, 5) is 70.8. The Morgan fingerprint density at radius 1 is 0.977 bits per heavy atom. The topological polar surface area (TPSA) is 149 Å². The molecule has 0 aromatic heterocycles. The first-order valence-electron chi connectivity index (χ1n) is 15.6. The Labute approximate surface area is 253 Å². The minimum absolute atomic E-state index is 0.0735. The Balaban J connectivity index is 1.58. The van der Waals surface area contributed by atoms with Crippen molar-refractivity contribution in [2.75, 3.05) is 39.3 Å². The Bertz CT molecular complexity index is 1170. The predicted molar refractivity (Wildman–Crippen MR) is 160 cm³/mol. The molecule has 43 heavy (non-hydrogen) atoms. The largest absolute Gasteiger partial charge is 0.491 e. The monoisotopic (exact) mass is 598 g/mol. The normalized spacial score (nSPS) is 26.4. The average Bonchev–Trinajstić information content (AvgIpc) is 3.49. The molecular weight excluding hydrogens is 552 g/mol. The molecule has 0 aliphatic carbocycles. The maximum absolute atomic E-state index is 13.6. The van der Waals surface area contributed by atoms with Gasteiger partial charge in [0.15, 0.2) is 0 Å². The fourth-order valence-electron chi connectivity index (χ4n) is 5.87. The molecule has 12 nitrogen and oxygen atoms in total. The lowest BCUT2D eigenvalue weighted by atomic mass is 10.0. The van der Waals surface area contributed by atoms with Crippen molar-refractivity contribution in [1.29, 1.82) is 0 Å².